The van der Waals surface area contributed by atoms with Crippen molar-refractivity contribution in [2.75, 3.05) is 6.54 Å². The number of aliphatic carboxylic acids is 1. The van der Waals surface area contributed by atoms with Gasteiger partial charge in [-0.1, -0.05) is 12.1 Å². The average Bonchev–Trinajstić information content (AvgIpc) is 2.19. The predicted molar refractivity (Wildman–Crippen MR) is 66.5 cm³/mol. The molecular weight excluding hydrogens is 305 g/mol. The minimum Gasteiger partial charge on any atom is -0.478 e. The summed E-state index contributed by atoms with van der Waals surface area (Å²) in [5.74, 6) is -0.913. The highest BCUT2D eigenvalue weighted by atomic mass is 127. The van der Waals surface area contributed by atoms with E-state index in [2.05, 4.69) is 27.9 Å². The van der Waals surface area contributed by atoms with Crippen LogP contribution in [0.1, 0.15) is 11.1 Å². The Balaban J connectivity index is 2.52. The molecule has 78 valence electrons. The van der Waals surface area contributed by atoms with Crippen molar-refractivity contribution in [3.05, 3.63) is 39.0 Å². The van der Waals surface area contributed by atoms with E-state index >= 15 is 0 Å². The van der Waals surface area contributed by atoms with Crippen LogP contribution >= 0.6 is 22.6 Å². The van der Waals surface area contributed by atoms with Gasteiger partial charge >= 0.3 is 5.97 Å². The molecule has 0 amide bonds. The molecule has 4 heteroatoms. The SMILES string of the molecule is O=C(O)/C=C1\NCCc2c(I)cccc21. The number of fused-ring (bicyclic) bond motifs is 1. The van der Waals surface area contributed by atoms with E-state index in [1.807, 2.05) is 18.2 Å². The van der Waals surface area contributed by atoms with Gasteiger partial charge in [-0.25, -0.2) is 4.79 Å². The van der Waals surface area contributed by atoms with Crippen LogP contribution in [0.25, 0.3) is 5.70 Å². The van der Waals surface area contributed by atoms with Crippen LogP contribution in [-0.2, 0) is 11.2 Å². The molecule has 1 aliphatic rings. The highest BCUT2D eigenvalue weighted by Gasteiger charge is 2.15. The lowest BCUT2D eigenvalue weighted by molar-refractivity contribution is -0.131. The maximum atomic E-state index is 10.6. The highest BCUT2D eigenvalue weighted by Crippen LogP contribution is 2.25. The van der Waals surface area contributed by atoms with E-state index < -0.39 is 5.97 Å². The van der Waals surface area contributed by atoms with Crippen molar-refractivity contribution < 1.29 is 9.90 Å². The number of carboxylic acids is 1. The van der Waals surface area contributed by atoms with Gasteiger partial charge in [0, 0.05) is 27.5 Å². The molecule has 0 saturated carbocycles. The van der Waals surface area contributed by atoms with Gasteiger partial charge in [0.05, 0.1) is 0 Å². The van der Waals surface area contributed by atoms with Gasteiger partial charge in [-0.2, -0.15) is 0 Å². The molecule has 0 atom stereocenters. The molecule has 3 nitrogen and oxygen atoms in total. The Hall–Kier alpha value is -1.04. The second-order valence-corrected chi connectivity index (χ2v) is 4.50. The molecule has 1 aromatic carbocycles. The smallest absolute Gasteiger partial charge is 0.330 e. The van der Waals surface area contributed by atoms with Crippen molar-refractivity contribution in [1.82, 2.24) is 5.32 Å². The first-order valence-corrected chi connectivity index (χ1v) is 5.72. The monoisotopic (exact) mass is 315 g/mol. The molecule has 1 heterocycles. The van der Waals surface area contributed by atoms with E-state index in [9.17, 15) is 4.79 Å². The van der Waals surface area contributed by atoms with Gasteiger partial charge in [0.1, 0.15) is 0 Å². The summed E-state index contributed by atoms with van der Waals surface area (Å²) in [6, 6.07) is 5.95. The van der Waals surface area contributed by atoms with E-state index in [0.29, 0.717) is 5.70 Å². The van der Waals surface area contributed by atoms with Crippen LogP contribution < -0.4 is 5.32 Å². The van der Waals surface area contributed by atoms with Crippen molar-refractivity contribution in [1.29, 1.82) is 0 Å². The molecule has 0 bridgehead atoms. The van der Waals surface area contributed by atoms with Crippen molar-refractivity contribution in [3.63, 3.8) is 0 Å². The molecule has 0 saturated heterocycles. The number of carboxylic acid groups (broad SMARTS) is 1. The number of benzene rings is 1. The summed E-state index contributed by atoms with van der Waals surface area (Å²) >= 11 is 2.28. The third-order valence-corrected chi connectivity index (χ3v) is 3.38. The molecule has 2 N–H and O–H groups in total. The standard InChI is InChI=1S/C11H10INO2/c12-9-3-1-2-8-7(9)4-5-13-10(8)6-11(14)15/h1-3,6,13H,4-5H2,(H,14,15)/b10-6-. The minimum absolute atomic E-state index is 0.710. The third kappa shape index (κ3) is 2.14. The molecule has 0 unspecified atom stereocenters. The summed E-state index contributed by atoms with van der Waals surface area (Å²) in [6.45, 7) is 0.798. The molecule has 1 aliphatic heterocycles. The first kappa shape index (κ1) is 10.5. The molecule has 0 spiro atoms. The quantitative estimate of drug-likeness (QED) is 0.614. The van der Waals surface area contributed by atoms with Crippen molar-refractivity contribution >= 4 is 34.3 Å². The Bertz CT molecular complexity index is 440. The fraction of sp³-hybridized carbons (Fsp3) is 0.182. The number of halogens is 1. The Morgan fingerprint density at radius 2 is 2.33 bits per heavy atom. The zero-order valence-corrected chi connectivity index (χ0v) is 10.1. The maximum absolute atomic E-state index is 10.6. The number of hydrogen-bond acceptors (Lipinski definition) is 2. The average molecular weight is 315 g/mol. The Kier molecular flexibility index (Phi) is 2.95. The van der Waals surface area contributed by atoms with Crippen LogP contribution in [0, 0.1) is 3.57 Å². The van der Waals surface area contributed by atoms with Gasteiger partial charge in [0.25, 0.3) is 0 Å². The molecule has 1 aromatic rings. The Morgan fingerprint density at radius 1 is 1.53 bits per heavy atom. The van der Waals surface area contributed by atoms with E-state index in [-0.39, 0.29) is 0 Å². The Morgan fingerprint density at radius 3 is 3.07 bits per heavy atom. The molecule has 2 rings (SSSR count). The number of rotatable bonds is 1. The second-order valence-electron chi connectivity index (χ2n) is 3.34. The number of nitrogens with one attached hydrogen (secondary N) is 1. The van der Waals surface area contributed by atoms with Crippen molar-refractivity contribution in [2.45, 2.75) is 6.42 Å². The fourth-order valence-corrected chi connectivity index (χ4v) is 2.50. The van der Waals surface area contributed by atoms with E-state index in [0.717, 1.165) is 18.5 Å². The summed E-state index contributed by atoms with van der Waals surface area (Å²) in [7, 11) is 0. The largest absolute Gasteiger partial charge is 0.478 e. The van der Waals surface area contributed by atoms with Gasteiger partial charge in [-0.05, 0) is 40.6 Å². The van der Waals surface area contributed by atoms with Crippen LogP contribution in [0.15, 0.2) is 24.3 Å². The summed E-state index contributed by atoms with van der Waals surface area (Å²) in [5, 5.41) is 11.9. The van der Waals surface area contributed by atoms with Crippen LogP contribution in [0.5, 0.6) is 0 Å². The number of hydrogen-bond donors (Lipinski definition) is 2. The molecule has 0 aromatic heterocycles. The lowest BCUT2D eigenvalue weighted by atomic mass is 9.98. The molecule has 0 aliphatic carbocycles. The van der Waals surface area contributed by atoms with E-state index in [4.69, 9.17) is 5.11 Å². The maximum Gasteiger partial charge on any atom is 0.330 e. The third-order valence-electron chi connectivity index (χ3n) is 2.37. The van der Waals surface area contributed by atoms with Gasteiger partial charge in [-0.15, -0.1) is 0 Å². The topological polar surface area (TPSA) is 49.3 Å². The summed E-state index contributed by atoms with van der Waals surface area (Å²) in [5.41, 5.74) is 2.96. The predicted octanol–water partition coefficient (Wildman–Crippen LogP) is 1.86. The summed E-state index contributed by atoms with van der Waals surface area (Å²) in [4.78, 5) is 10.6. The molecular formula is C11H10INO2. The van der Waals surface area contributed by atoms with Crippen LogP contribution in [0.4, 0.5) is 0 Å². The fourth-order valence-electron chi connectivity index (χ4n) is 1.73. The van der Waals surface area contributed by atoms with Crippen molar-refractivity contribution in [2.24, 2.45) is 0 Å². The van der Waals surface area contributed by atoms with Crippen LogP contribution in [0.2, 0.25) is 0 Å². The van der Waals surface area contributed by atoms with Gasteiger partial charge < -0.3 is 10.4 Å². The first-order valence-electron chi connectivity index (χ1n) is 4.65. The lowest BCUT2D eigenvalue weighted by Gasteiger charge is -2.21. The van der Waals surface area contributed by atoms with Gasteiger partial charge in [-0.3, -0.25) is 0 Å². The minimum atomic E-state index is -0.913. The zero-order chi connectivity index (χ0) is 10.8. The Labute approximate surface area is 101 Å². The summed E-state index contributed by atoms with van der Waals surface area (Å²) < 4.78 is 1.20. The first-order chi connectivity index (χ1) is 7.18. The lowest BCUT2D eigenvalue weighted by Crippen LogP contribution is -2.24. The van der Waals surface area contributed by atoms with E-state index in [1.165, 1.54) is 15.2 Å². The molecule has 0 radical (unpaired) electrons. The van der Waals surface area contributed by atoms with Crippen LogP contribution in [-0.4, -0.2) is 17.6 Å². The normalized spacial score (nSPS) is 17.0. The molecule has 15 heavy (non-hydrogen) atoms. The molecule has 0 fully saturated rings. The van der Waals surface area contributed by atoms with Gasteiger partial charge in [0.2, 0.25) is 0 Å². The van der Waals surface area contributed by atoms with Crippen LogP contribution in [0.3, 0.4) is 0 Å². The van der Waals surface area contributed by atoms with Crippen molar-refractivity contribution in [3.8, 4) is 0 Å². The summed E-state index contributed by atoms with van der Waals surface area (Å²) in [6.07, 6.45) is 2.18. The number of carbonyl (C=O) groups is 1. The zero-order valence-electron chi connectivity index (χ0n) is 7.96. The van der Waals surface area contributed by atoms with Gasteiger partial charge in [0.15, 0.2) is 0 Å². The second kappa shape index (κ2) is 4.22. The highest BCUT2D eigenvalue weighted by molar-refractivity contribution is 14.1. The van der Waals surface area contributed by atoms with E-state index in [1.54, 1.807) is 0 Å².